The van der Waals surface area contributed by atoms with Gasteiger partial charge < -0.3 is 4.74 Å². The number of aliphatic imine (C=N–C) groups is 1. The van der Waals surface area contributed by atoms with Crippen molar-refractivity contribution in [3.8, 4) is 11.8 Å². The molecule has 0 fully saturated rings. The molecule has 0 aromatic heterocycles. The first kappa shape index (κ1) is 21.9. The highest BCUT2D eigenvalue weighted by Crippen LogP contribution is 2.18. The molecular formula is C27H26N2O2. The van der Waals surface area contributed by atoms with Crippen molar-refractivity contribution in [1.82, 2.24) is 0 Å². The van der Waals surface area contributed by atoms with E-state index in [0.29, 0.717) is 5.71 Å². The molecule has 0 saturated carbocycles. The maximum Gasteiger partial charge on any atom is 0.415 e. The molecule has 0 unspecified atom stereocenters. The highest BCUT2D eigenvalue weighted by molar-refractivity contribution is 6.14. The number of ether oxygens (including phenoxy) is 1. The molecule has 3 aromatic carbocycles. The molecule has 0 radical (unpaired) electrons. The summed E-state index contributed by atoms with van der Waals surface area (Å²) in [6.45, 7) is 5.72. The molecule has 1 amide bonds. The molecule has 3 rings (SSSR count). The number of benzene rings is 3. The molecule has 0 heterocycles. The van der Waals surface area contributed by atoms with Gasteiger partial charge in [0.15, 0.2) is 0 Å². The van der Waals surface area contributed by atoms with Crippen molar-refractivity contribution in [2.24, 2.45) is 4.99 Å². The van der Waals surface area contributed by atoms with Crippen LogP contribution in [0.25, 0.3) is 0 Å². The second kappa shape index (κ2) is 10.3. The summed E-state index contributed by atoms with van der Waals surface area (Å²) in [5.74, 6) is 6.27. The van der Waals surface area contributed by atoms with Gasteiger partial charge in [-0.25, -0.2) is 9.79 Å². The Bertz CT molecular complexity index is 1070. The third-order valence-corrected chi connectivity index (χ3v) is 4.17. The summed E-state index contributed by atoms with van der Waals surface area (Å²) in [7, 11) is 0. The maximum absolute atomic E-state index is 12.8. The quantitative estimate of drug-likeness (QED) is 0.377. The fraction of sp³-hybridized carbons (Fsp3) is 0.185. The summed E-state index contributed by atoms with van der Waals surface area (Å²) in [5.41, 5.74) is 2.52. The predicted octanol–water partition coefficient (Wildman–Crippen LogP) is 6.25. The Kier molecular flexibility index (Phi) is 7.24. The van der Waals surface area contributed by atoms with Crippen molar-refractivity contribution in [1.29, 1.82) is 0 Å². The van der Waals surface area contributed by atoms with Crippen LogP contribution in [0, 0.1) is 11.8 Å². The van der Waals surface area contributed by atoms with Crippen molar-refractivity contribution in [3.63, 3.8) is 0 Å². The highest BCUT2D eigenvalue weighted by atomic mass is 16.6. The molecule has 0 spiro atoms. The topological polar surface area (TPSA) is 41.9 Å². The van der Waals surface area contributed by atoms with Crippen LogP contribution >= 0.6 is 0 Å². The van der Waals surface area contributed by atoms with Crippen LogP contribution in [0.3, 0.4) is 0 Å². The summed E-state index contributed by atoms with van der Waals surface area (Å²) in [6.07, 6.45) is -0.436. The second-order valence-electron chi connectivity index (χ2n) is 7.87. The van der Waals surface area contributed by atoms with Gasteiger partial charge in [0.1, 0.15) is 11.3 Å². The zero-order valence-electron chi connectivity index (χ0n) is 18.1. The Morgan fingerprint density at radius 3 is 2.00 bits per heavy atom. The second-order valence-corrected chi connectivity index (χ2v) is 7.87. The first-order chi connectivity index (χ1) is 14.9. The van der Waals surface area contributed by atoms with Gasteiger partial charge in [-0.15, -0.1) is 0 Å². The van der Waals surface area contributed by atoms with Crippen molar-refractivity contribution >= 4 is 23.2 Å². The van der Waals surface area contributed by atoms with Gasteiger partial charge in [0.2, 0.25) is 0 Å². The Labute approximate surface area is 184 Å². The Balaban J connectivity index is 1.91. The monoisotopic (exact) mass is 410 g/mol. The minimum absolute atomic E-state index is 0.180. The van der Waals surface area contributed by atoms with Crippen molar-refractivity contribution in [2.75, 3.05) is 11.4 Å². The van der Waals surface area contributed by atoms with E-state index in [1.807, 2.05) is 112 Å². The van der Waals surface area contributed by atoms with E-state index in [4.69, 9.17) is 9.73 Å². The number of hydrogen-bond donors (Lipinski definition) is 0. The maximum atomic E-state index is 12.8. The third kappa shape index (κ3) is 6.87. The van der Waals surface area contributed by atoms with Gasteiger partial charge in [-0.1, -0.05) is 72.7 Å². The zero-order chi connectivity index (χ0) is 22.1. The number of carbonyl (C=O) groups excluding carboxylic acids is 1. The van der Waals surface area contributed by atoms with Crippen molar-refractivity contribution in [3.05, 3.63) is 96.6 Å². The number of amides is 1. The number of nitrogens with zero attached hydrogens (tertiary/aromatic N) is 2. The Morgan fingerprint density at radius 1 is 0.871 bits per heavy atom. The van der Waals surface area contributed by atoms with Gasteiger partial charge >= 0.3 is 6.09 Å². The number of hydrogen-bond acceptors (Lipinski definition) is 3. The fourth-order valence-corrected chi connectivity index (χ4v) is 2.78. The third-order valence-electron chi connectivity index (χ3n) is 4.17. The van der Waals surface area contributed by atoms with E-state index >= 15 is 0 Å². The van der Waals surface area contributed by atoms with Crippen LogP contribution in [0.2, 0.25) is 0 Å². The molecule has 4 nitrogen and oxygen atoms in total. The smallest absolute Gasteiger partial charge is 0.415 e. The molecule has 156 valence electrons. The van der Waals surface area contributed by atoms with E-state index in [1.165, 1.54) is 4.90 Å². The van der Waals surface area contributed by atoms with Crippen LogP contribution in [0.4, 0.5) is 16.2 Å². The summed E-state index contributed by atoms with van der Waals surface area (Å²) < 4.78 is 5.58. The number of para-hydroxylation sites is 2. The lowest BCUT2D eigenvalue weighted by Gasteiger charge is -2.26. The molecule has 0 aliphatic rings. The average Bonchev–Trinajstić information content (AvgIpc) is 2.76. The van der Waals surface area contributed by atoms with Crippen molar-refractivity contribution in [2.45, 2.75) is 26.4 Å². The number of anilines is 1. The number of carbonyl (C=O) groups is 1. The SMILES string of the molecule is CC(C)(C)OC(=O)N(CC#CC(=Nc1ccccc1)c1ccccc1)c1ccccc1. The van der Waals surface area contributed by atoms with Crippen LogP contribution in [0.1, 0.15) is 26.3 Å². The van der Waals surface area contributed by atoms with Gasteiger partial charge in [0.05, 0.1) is 12.2 Å². The molecule has 0 N–H and O–H groups in total. The van der Waals surface area contributed by atoms with E-state index in [0.717, 1.165) is 16.9 Å². The molecule has 0 bridgehead atoms. The molecule has 3 aromatic rings. The van der Waals surface area contributed by atoms with E-state index in [-0.39, 0.29) is 6.54 Å². The van der Waals surface area contributed by atoms with Gasteiger partial charge in [-0.2, -0.15) is 0 Å². The lowest BCUT2D eigenvalue weighted by molar-refractivity contribution is 0.0585. The number of rotatable bonds is 4. The van der Waals surface area contributed by atoms with Gasteiger partial charge in [-0.05, 0) is 51.0 Å². The minimum atomic E-state index is -0.596. The first-order valence-electron chi connectivity index (χ1n) is 10.2. The normalized spacial score (nSPS) is 11.3. The molecule has 4 heteroatoms. The van der Waals surface area contributed by atoms with Crippen molar-refractivity contribution < 1.29 is 9.53 Å². The summed E-state index contributed by atoms with van der Waals surface area (Å²) in [4.78, 5) is 19.0. The molecule has 0 atom stereocenters. The highest BCUT2D eigenvalue weighted by Gasteiger charge is 2.22. The van der Waals surface area contributed by atoms with Crippen LogP contribution in [0.5, 0.6) is 0 Å². The molecular weight excluding hydrogens is 384 g/mol. The van der Waals surface area contributed by atoms with E-state index in [1.54, 1.807) is 0 Å². The molecule has 0 saturated heterocycles. The standard InChI is InChI=1S/C27H26N2O2/c1-27(2,3)31-26(30)29(24-18-11-6-12-19-24)21-13-20-25(22-14-7-4-8-15-22)28-23-16-9-5-10-17-23/h4-12,14-19H,21H2,1-3H3. The fourth-order valence-electron chi connectivity index (χ4n) is 2.78. The van der Waals surface area contributed by atoms with Gasteiger partial charge in [0, 0.05) is 11.3 Å². The lowest BCUT2D eigenvalue weighted by Crippen LogP contribution is -2.37. The van der Waals surface area contributed by atoms with Gasteiger partial charge in [-0.3, -0.25) is 4.90 Å². The first-order valence-corrected chi connectivity index (χ1v) is 10.2. The zero-order valence-corrected chi connectivity index (χ0v) is 18.1. The van der Waals surface area contributed by atoms with Gasteiger partial charge in [0.25, 0.3) is 0 Å². The van der Waals surface area contributed by atoms with E-state index in [2.05, 4.69) is 11.8 Å². The van der Waals surface area contributed by atoms with Crippen LogP contribution < -0.4 is 4.90 Å². The molecule has 0 aliphatic carbocycles. The predicted molar refractivity (Wildman–Crippen MR) is 127 cm³/mol. The molecule has 0 aliphatic heterocycles. The Hall–Kier alpha value is -3.84. The van der Waals surface area contributed by atoms with Crippen LogP contribution in [-0.2, 0) is 4.74 Å². The summed E-state index contributed by atoms with van der Waals surface area (Å²) in [6, 6.07) is 28.9. The van der Waals surface area contributed by atoms with Crippen LogP contribution in [0.15, 0.2) is 96.0 Å². The largest absolute Gasteiger partial charge is 0.443 e. The lowest BCUT2D eigenvalue weighted by atomic mass is 10.1. The minimum Gasteiger partial charge on any atom is -0.443 e. The van der Waals surface area contributed by atoms with Crippen LogP contribution in [-0.4, -0.2) is 24.0 Å². The summed E-state index contributed by atoms with van der Waals surface area (Å²) >= 11 is 0. The summed E-state index contributed by atoms with van der Waals surface area (Å²) in [5, 5.41) is 0. The van der Waals surface area contributed by atoms with E-state index in [9.17, 15) is 4.79 Å². The molecule has 31 heavy (non-hydrogen) atoms. The average molecular weight is 411 g/mol. The van der Waals surface area contributed by atoms with E-state index < -0.39 is 11.7 Å². The Morgan fingerprint density at radius 2 is 1.42 bits per heavy atom.